The van der Waals surface area contributed by atoms with Gasteiger partial charge in [0.2, 0.25) is 5.91 Å². The van der Waals surface area contributed by atoms with Crippen LogP contribution in [0.1, 0.15) is 37.3 Å². The number of ether oxygens (including phenoxy) is 2. The summed E-state index contributed by atoms with van der Waals surface area (Å²) in [6, 6.07) is 18.2. The molecule has 3 aromatic rings. The Balaban J connectivity index is 1.34. The van der Waals surface area contributed by atoms with Crippen molar-refractivity contribution in [2.45, 2.75) is 69.1 Å². The van der Waals surface area contributed by atoms with Crippen LogP contribution in [0.2, 0.25) is 18.6 Å². The number of pyridine rings is 1. The highest BCUT2D eigenvalue weighted by molar-refractivity contribution is 6.71. The number of benzene rings is 2. The van der Waals surface area contributed by atoms with Crippen molar-refractivity contribution in [2.75, 3.05) is 25.2 Å². The highest BCUT2D eigenvalue weighted by atomic mass is 28.4. The minimum atomic E-state index is -2.94. The molecule has 1 aromatic heterocycles. The average Bonchev–Trinajstić information content (AvgIpc) is 3.68. The molecule has 10 nitrogen and oxygen atoms in total. The van der Waals surface area contributed by atoms with Crippen LogP contribution in [-0.2, 0) is 26.5 Å². The van der Waals surface area contributed by atoms with E-state index in [1.165, 1.54) is 11.7 Å². The van der Waals surface area contributed by atoms with Gasteiger partial charge in [0.15, 0.2) is 19.7 Å². The fourth-order valence-electron chi connectivity index (χ4n) is 7.85. The molecule has 1 spiro atoms. The first-order valence-corrected chi connectivity index (χ1v) is 18.6. The molecular weight excluding hydrogens is 590 g/mol. The second kappa shape index (κ2) is 11.9. The molecule has 11 heteroatoms. The number of aliphatic hydroxyl groups is 1. The minimum absolute atomic E-state index is 0.0387. The van der Waals surface area contributed by atoms with Crippen molar-refractivity contribution in [3.05, 3.63) is 88.3 Å². The predicted molar refractivity (Wildman–Crippen MR) is 172 cm³/mol. The number of rotatable bonds is 8. The lowest BCUT2D eigenvalue weighted by Gasteiger charge is -2.32. The fraction of sp³-hybridized carbons (Fsp3) is 0.441. The molecule has 2 fully saturated rings. The van der Waals surface area contributed by atoms with Gasteiger partial charge >= 0.3 is 0 Å². The summed E-state index contributed by atoms with van der Waals surface area (Å²) in [6.45, 7) is 6.38. The maximum atomic E-state index is 14.7. The molecule has 2 N–H and O–H groups in total. The van der Waals surface area contributed by atoms with Gasteiger partial charge in [-0.15, -0.1) is 0 Å². The molecule has 3 aliphatic rings. The molecule has 2 saturated heterocycles. The third kappa shape index (κ3) is 5.21. The highest BCUT2D eigenvalue weighted by Gasteiger charge is 2.66. The van der Waals surface area contributed by atoms with E-state index in [1.807, 2.05) is 68.5 Å². The molecule has 0 bridgehead atoms. The summed E-state index contributed by atoms with van der Waals surface area (Å²) < 4.78 is 13.5. The van der Waals surface area contributed by atoms with Crippen LogP contribution in [-0.4, -0.2) is 71.9 Å². The summed E-state index contributed by atoms with van der Waals surface area (Å²) in [5.41, 5.74) is 0.896. The lowest BCUT2D eigenvalue weighted by Crippen LogP contribution is -2.46. The molecule has 0 aliphatic carbocycles. The molecule has 0 saturated carbocycles. The third-order valence-electron chi connectivity index (χ3n) is 9.84. The number of nitrogens with zero attached hydrogens (tertiary/aromatic N) is 3. The monoisotopic (exact) mass is 631 g/mol. The number of methoxy groups -OCH3 is 1. The normalized spacial score (nSPS) is 26.1. The van der Waals surface area contributed by atoms with E-state index in [0.29, 0.717) is 12.2 Å². The number of amides is 2. The van der Waals surface area contributed by atoms with Gasteiger partial charge in [0.1, 0.15) is 0 Å². The summed E-state index contributed by atoms with van der Waals surface area (Å²) in [5.74, 6) is -0.512. The Morgan fingerprint density at radius 3 is 2.62 bits per heavy atom. The Hall–Kier alpha value is -3.77. The van der Waals surface area contributed by atoms with Crippen molar-refractivity contribution in [1.29, 1.82) is 0 Å². The van der Waals surface area contributed by atoms with E-state index in [1.54, 1.807) is 28.1 Å². The Kier molecular flexibility index (Phi) is 8.23. The van der Waals surface area contributed by atoms with Gasteiger partial charge in [-0.05, 0) is 61.8 Å². The van der Waals surface area contributed by atoms with Crippen LogP contribution in [0.4, 0.5) is 5.69 Å². The Morgan fingerprint density at radius 2 is 1.89 bits per heavy atom. The van der Waals surface area contributed by atoms with E-state index >= 15 is 0 Å². The lowest BCUT2D eigenvalue weighted by molar-refractivity contribution is -0.150. The van der Waals surface area contributed by atoms with Gasteiger partial charge < -0.3 is 29.2 Å². The molecule has 0 unspecified atom stereocenters. The molecule has 4 heterocycles. The van der Waals surface area contributed by atoms with Gasteiger partial charge in [-0.3, -0.25) is 19.0 Å². The largest absolute Gasteiger partial charge is 0.491 e. The molecule has 45 heavy (non-hydrogen) atoms. The quantitative estimate of drug-likeness (QED) is 0.365. The fourth-order valence-corrected chi connectivity index (χ4v) is 10.4. The molecule has 6 rings (SSSR count). The molecule has 5 atom stereocenters. The Morgan fingerprint density at radius 1 is 1.11 bits per heavy atom. The summed E-state index contributed by atoms with van der Waals surface area (Å²) in [5, 5.41) is 9.82. The first-order chi connectivity index (χ1) is 21.5. The SMILES string of the molecule is COc1cccn(-c2cccc(CN3C(=O)[C@]4(O[C@H](CC(=O)N5CCC[C@H]5CO)[C@@H]([Si](C)(C)O)[C@@H]4C)c4ccccc43)c2)c1=O. The smallest absolute Gasteiger partial charge is 0.297 e. The molecule has 0 radical (unpaired) electrons. The van der Waals surface area contributed by atoms with Gasteiger partial charge in [-0.1, -0.05) is 37.3 Å². The van der Waals surface area contributed by atoms with Crippen molar-refractivity contribution in [1.82, 2.24) is 9.47 Å². The summed E-state index contributed by atoms with van der Waals surface area (Å²) in [4.78, 5) is 56.1. The number of likely N-dealkylation sites (tertiary alicyclic amines) is 1. The van der Waals surface area contributed by atoms with Gasteiger partial charge in [0.05, 0.1) is 44.5 Å². The Bertz CT molecular complexity index is 1670. The lowest BCUT2D eigenvalue weighted by atomic mass is 9.82. The number of para-hydroxylation sites is 1. The van der Waals surface area contributed by atoms with Crippen molar-refractivity contribution in [2.24, 2.45) is 5.92 Å². The van der Waals surface area contributed by atoms with Crippen LogP contribution in [0.5, 0.6) is 5.75 Å². The number of carbonyl (C=O) groups excluding carboxylic acids is 2. The van der Waals surface area contributed by atoms with Crippen molar-refractivity contribution < 1.29 is 29.0 Å². The van der Waals surface area contributed by atoms with E-state index < -0.39 is 25.9 Å². The van der Waals surface area contributed by atoms with E-state index in [0.717, 1.165) is 29.7 Å². The van der Waals surface area contributed by atoms with E-state index in [9.17, 15) is 24.3 Å². The third-order valence-corrected chi connectivity index (χ3v) is 12.3. The van der Waals surface area contributed by atoms with Crippen molar-refractivity contribution in [3.63, 3.8) is 0 Å². The summed E-state index contributed by atoms with van der Waals surface area (Å²) >= 11 is 0. The molecule has 2 amide bonds. The molecule has 238 valence electrons. The summed E-state index contributed by atoms with van der Waals surface area (Å²) in [7, 11) is -1.48. The number of fused-ring (bicyclic) bond motifs is 2. The molecule has 3 aliphatic heterocycles. The van der Waals surface area contributed by atoms with Crippen LogP contribution < -0.4 is 15.2 Å². The number of carbonyl (C=O) groups is 2. The first-order valence-electron chi connectivity index (χ1n) is 15.6. The van der Waals surface area contributed by atoms with E-state index in [-0.39, 0.29) is 54.3 Å². The number of hydrogen-bond acceptors (Lipinski definition) is 7. The zero-order valence-corrected chi connectivity index (χ0v) is 27.2. The maximum absolute atomic E-state index is 14.7. The number of aromatic nitrogens is 1. The first kappa shape index (κ1) is 31.2. The van der Waals surface area contributed by atoms with Gasteiger partial charge in [-0.25, -0.2) is 0 Å². The zero-order chi connectivity index (χ0) is 32.1. The van der Waals surface area contributed by atoms with Crippen LogP contribution in [0.3, 0.4) is 0 Å². The minimum Gasteiger partial charge on any atom is -0.491 e. The number of hydrogen-bond donors (Lipinski definition) is 2. The van der Waals surface area contributed by atoms with Crippen LogP contribution >= 0.6 is 0 Å². The predicted octanol–water partition coefficient (Wildman–Crippen LogP) is 3.56. The molecular formula is C34H41N3O7Si. The highest BCUT2D eigenvalue weighted by Crippen LogP contribution is 2.59. The van der Waals surface area contributed by atoms with Gasteiger partial charge in [0.25, 0.3) is 11.5 Å². The maximum Gasteiger partial charge on any atom is 0.297 e. The van der Waals surface area contributed by atoms with Gasteiger partial charge in [-0.2, -0.15) is 0 Å². The number of aliphatic hydroxyl groups excluding tert-OH is 1. The topological polar surface area (TPSA) is 122 Å². The number of anilines is 1. The Labute approximate surface area is 263 Å². The standard InChI is InChI=1S/C34H41N3O7Si/c1-22-31(45(3,4)42)29(19-30(39)35-16-8-12-25(35)21-38)44-34(22)26-13-5-6-14-27(26)37(33(34)41)20-23-10-7-11-24(18-23)36-17-9-15-28(43-2)32(36)40/h5-7,9-11,13-15,17-18,22,25,29,31,38,42H,8,12,16,19-21H2,1-4H3/t22-,25-,29+,31-,34+/m0/s1. The van der Waals surface area contributed by atoms with Crippen LogP contribution in [0, 0.1) is 5.92 Å². The van der Waals surface area contributed by atoms with Gasteiger partial charge in [0, 0.05) is 35.5 Å². The van der Waals surface area contributed by atoms with Crippen LogP contribution in [0.25, 0.3) is 5.69 Å². The molecule has 2 aromatic carbocycles. The second-order valence-electron chi connectivity index (χ2n) is 13.0. The van der Waals surface area contributed by atoms with Crippen molar-refractivity contribution in [3.8, 4) is 11.4 Å². The average molecular weight is 632 g/mol. The van der Waals surface area contributed by atoms with Crippen molar-refractivity contribution >= 4 is 25.8 Å². The zero-order valence-electron chi connectivity index (χ0n) is 26.2. The van der Waals surface area contributed by atoms with Crippen LogP contribution in [0.15, 0.2) is 71.7 Å². The summed E-state index contributed by atoms with van der Waals surface area (Å²) in [6.07, 6.45) is 2.65. The second-order valence-corrected chi connectivity index (χ2v) is 16.9. The van der Waals surface area contributed by atoms with E-state index in [2.05, 4.69) is 0 Å². The van der Waals surface area contributed by atoms with E-state index in [4.69, 9.17) is 9.47 Å².